The number of rotatable bonds is 5. The van der Waals surface area contributed by atoms with E-state index in [9.17, 15) is 0 Å². The molecular formula is C15H24BrN3. The number of aromatic nitrogens is 1. The van der Waals surface area contributed by atoms with Gasteiger partial charge in [-0.05, 0) is 80.8 Å². The largest absolute Gasteiger partial charge is 0.315 e. The molecule has 2 heterocycles. The molecule has 0 spiro atoms. The van der Waals surface area contributed by atoms with Crippen LogP contribution in [0, 0.1) is 0 Å². The van der Waals surface area contributed by atoms with Crippen LogP contribution in [0.4, 0.5) is 0 Å². The molecule has 1 saturated heterocycles. The molecule has 0 saturated carbocycles. The molecule has 1 fully saturated rings. The molecule has 106 valence electrons. The summed E-state index contributed by atoms with van der Waals surface area (Å²) in [6.45, 7) is 7.15. The topological polar surface area (TPSA) is 28.2 Å². The van der Waals surface area contributed by atoms with Crippen LogP contribution in [-0.2, 0) is 6.42 Å². The van der Waals surface area contributed by atoms with E-state index in [1.807, 2.05) is 12.4 Å². The van der Waals surface area contributed by atoms with E-state index in [2.05, 4.69) is 58.1 Å². The van der Waals surface area contributed by atoms with E-state index >= 15 is 0 Å². The van der Waals surface area contributed by atoms with Crippen molar-refractivity contribution in [3.8, 4) is 0 Å². The smallest absolute Gasteiger partial charge is 0.0410 e. The summed E-state index contributed by atoms with van der Waals surface area (Å²) in [5, 5.41) is 3.50. The van der Waals surface area contributed by atoms with Gasteiger partial charge in [-0.2, -0.15) is 0 Å². The quantitative estimate of drug-likeness (QED) is 0.902. The zero-order valence-electron chi connectivity index (χ0n) is 12.1. The molecule has 2 rings (SSSR count). The molecule has 0 radical (unpaired) electrons. The third kappa shape index (κ3) is 3.56. The van der Waals surface area contributed by atoms with Gasteiger partial charge in [0.2, 0.25) is 0 Å². The van der Waals surface area contributed by atoms with Crippen molar-refractivity contribution in [2.75, 3.05) is 20.1 Å². The second-order valence-corrected chi connectivity index (χ2v) is 6.82. The number of likely N-dealkylation sites (tertiary alicyclic amines) is 1. The Balaban J connectivity index is 2.10. The van der Waals surface area contributed by atoms with E-state index in [1.54, 1.807) is 0 Å². The van der Waals surface area contributed by atoms with Gasteiger partial charge in [-0.1, -0.05) is 0 Å². The van der Waals surface area contributed by atoms with Crippen molar-refractivity contribution in [2.45, 2.75) is 44.7 Å². The van der Waals surface area contributed by atoms with Gasteiger partial charge in [0.1, 0.15) is 0 Å². The van der Waals surface area contributed by atoms with E-state index in [0.717, 1.165) is 10.9 Å². The highest BCUT2D eigenvalue weighted by molar-refractivity contribution is 9.10. The molecule has 1 aromatic heterocycles. The molecule has 0 aromatic carbocycles. The average Bonchev–Trinajstić information content (AvgIpc) is 2.90. The van der Waals surface area contributed by atoms with Crippen LogP contribution in [0.1, 0.15) is 32.3 Å². The minimum Gasteiger partial charge on any atom is -0.315 e. The maximum absolute atomic E-state index is 4.26. The molecule has 1 aromatic rings. The Morgan fingerprint density at radius 2 is 2.05 bits per heavy atom. The zero-order valence-corrected chi connectivity index (χ0v) is 13.7. The highest BCUT2D eigenvalue weighted by atomic mass is 79.9. The van der Waals surface area contributed by atoms with Crippen molar-refractivity contribution in [1.82, 2.24) is 15.2 Å². The maximum atomic E-state index is 4.26. The summed E-state index contributed by atoms with van der Waals surface area (Å²) in [6.07, 6.45) is 7.47. The van der Waals surface area contributed by atoms with E-state index in [-0.39, 0.29) is 5.54 Å². The summed E-state index contributed by atoms with van der Waals surface area (Å²) in [5.41, 5.74) is 1.45. The average molecular weight is 326 g/mol. The van der Waals surface area contributed by atoms with Gasteiger partial charge in [-0.25, -0.2) is 0 Å². The fourth-order valence-electron chi connectivity index (χ4n) is 3.02. The molecule has 1 aliphatic heterocycles. The van der Waals surface area contributed by atoms with Gasteiger partial charge < -0.3 is 5.32 Å². The van der Waals surface area contributed by atoms with Crippen LogP contribution in [0.2, 0.25) is 0 Å². The van der Waals surface area contributed by atoms with Gasteiger partial charge in [0.25, 0.3) is 0 Å². The first-order valence-corrected chi connectivity index (χ1v) is 7.85. The van der Waals surface area contributed by atoms with Crippen molar-refractivity contribution < 1.29 is 0 Å². The lowest BCUT2D eigenvalue weighted by molar-refractivity contribution is 0.110. The SMILES string of the molecule is CNC(Cc1cncc(Br)c1)C(C)(C)N1CCCC1. The number of nitrogens with one attached hydrogen (secondary N) is 1. The molecule has 1 aliphatic rings. The van der Waals surface area contributed by atoms with Gasteiger partial charge >= 0.3 is 0 Å². The first-order valence-electron chi connectivity index (χ1n) is 7.06. The van der Waals surface area contributed by atoms with E-state index in [4.69, 9.17) is 0 Å². The standard InChI is InChI=1S/C15H24BrN3/c1-15(2,19-6-4-5-7-19)14(17-3)9-12-8-13(16)11-18-10-12/h8,10-11,14,17H,4-7,9H2,1-3H3. The molecule has 4 heteroatoms. The Labute approximate surface area is 124 Å². The third-order valence-electron chi connectivity index (χ3n) is 4.32. The maximum Gasteiger partial charge on any atom is 0.0410 e. The Hall–Kier alpha value is -0.450. The summed E-state index contributed by atoms with van der Waals surface area (Å²) in [7, 11) is 2.06. The summed E-state index contributed by atoms with van der Waals surface area (Å²) in [6, 6.07) is 2.60. The van der Waals surface area contributed by atoms with E-state index in [1.165, 1.54) is 31.5 Å². The molecule has 1 unspecified atom stereocenters. The first kappa shape index (κ1) is 14.9. The highest BCUT2D eigenvalue weighted by Crippen LogP contribution is 2.26. The molecule has 3 nitrogen and oxygen atoms in total. The van der Waals surface area contributed by atoms with Crippen molar-refractivity contribution >= 4 is 15.9 Å². The van der Waals surface area contributed by atoms with Gasteiger partial charge in [0.15, 0.2) is 0 Å². The van der Waals surface area contributed by atoms with Crippen LogP contribution in [-0.4, -0.2) is 41.6 Å². The number of pyridine rings is 1. The Kier molecular flexibility index (Phi) is 4.98. The van der Waals surface area contributed by atoms with Crippen LogP contribution in [0.25, 0.3) is 0 Å². The Morgan fingerprint density at radius 3 is 2.63 bits per heavy atom. The molecule has 1 N–H and O–H groups in total. The normalized spacial score (nSPS) is 18.7. The van der Waals surface area contributed by atoms with Crippen LogP contribution in [0.3, 0.4) is 0 Å². The second-order valence-electron chi connectivity index (χ2n) is 5.90. The predicted octanol–water partition coefficient (Wildman–Crippen LogP) is 2.85. The van der Waals surface area contributed by atoms with Crippen LogP contribution < -0.4 is 5.32 Å². The predicted molar refractivity (Wildman–Crippen MR) is 83.4 cm³/mol. The molecule has 1 atom stereocenters. The van der Waals surface area contributed by atoms with E-state index in [0.29, 0.717) is 6.04 Å². The minimum absolute atomic E-state index is 0.174. The zero-order chi connectivity index (χ0) is 13.9. The fraction of sp³-hybridized carbons (Fsp3) is 0.667. The van der Waals surface area contributed by atoms with Crippen molar-refractivity contribution in [1.29, 1.82) is 0 Å². The molecule has 0 amide bonds. The van der Waals surface area contributed by atoms with Crippen molar-refractivity contribution in [3.05, 3.63) is 28.5 Å². The molecule has 0 aliphatic carbocycles. The second kappa shape index (κ2) is 6.33. The fourth-order valence-corrected chi connectivity index (χ4v) is 3.43. The Bertz CT molecular complexity index is 414. The Morgan fingerprint density at radius 1 is 1.37 bits per heavy atom. The van der Waals surface area contributed by atoms with Crippen molar-refractivity contribution in [3.63, 3.8) is 0 Å². The highest BCUT2D eigenvalue weighted by Gasteiger charge is 2.35. The van der Waals surface area contributed by atoms with Crippen LogP contribution in [0.5, 0.6) is 0 Å². The number of hydrogen-bond acceptors (Lipinski definition) is 3. The number of hydrogen-bond donors (Lipinski definition) is 1. The van der Waals surface area contributed by atoms with Crippen molar-refractivity contribution in [2.24, 2.45) is 0 Å². The summed E-state index contributed by atoms with van der Waals surface area (Å²) >= 11 is 3.50. The van der Waals surface area contributed by atoms with Gasteiger partial charge in [-0.3, -0.25) is 9.88 Å². The summed E-state index contributed by atoms with van der Waals surface area (Å²) in [4.78, 5) is 6.87. The molecular weight excluding hydrogens is 302 g/mol. The minimum atomic E-state index is 0.174. The van der Waals surface area contributed by atoms with Crippen LogP contribution >= 0.6 is 15.9 Å². The van der Waals surface area contributed by atoms with Crippen LogP contribution in [0.15, 0.2) is 22.9 Å². The number of nitrogens with zero attached hydrogens (tertiary/aromatic N) is 2. The third-order valence-corrected chi connectivity index (χ3v) is 4.76. The summed E-state index contributed by atoms with van der Waals surface area (Å²) < 4.78 is 1.05. The molecule has 0 bridgehead atoms. The first-order chi connectivity index (χ1) is 9.04. The monoisotopic (exact) mass is 325 g/mol. The molecule has 19 heavy (non-hydrogen) atoms. The number of halogens is 1. The lowest BCUT2D eigenvalue weighted by atomic mass is 9.88. The van der Waals surface area contributed by atoms with E-state index < -0.39 is 0 Å². The lowest BCUT2D eigenvalue weighted by Crippen LogP contribution is -2.57. The van der Waals surface area contributed by atoms with Gasteiger partial charge in [-0.15, -0.1) is 0 Å². The van der Waals surface area contributed by atoms with Gasteiger partial charge in [0.05, 0.1) is 0 Å². The van der Waals surface area contributed by atoms with Gasteiger partial charge in [0, 0.05) is 28.4 Å². The number of likely N-dealkylation sites (N-methyl/N-ethyl adjacent to an activating group) is 1. The lowest BCUT2D eigenvalue weighted by Gasteiger charge is -2.42. The summed E-state index contributed by atoms with van der Waals surface area (Å²) in [5.74, 6) is 0.